The van der Waals surface area contributed by atoms with Gasteiger partial charge in [0.2, 0.25) is 5.91 Å². The van der Waals surface area contributed by atoms with Crippen LogP contribution in [-0.2, 0) is 16.0 Å². The van der Waals surface area contributed by atoms with Gasteiger partial charge in [-0.05, 0) is 55.7 Å². The van der Waals surface area contributed by atoms with Crippen LogP contribution in [-0.4, -0.2) is 33.8 Å². The van der Waals surface area contributed by atoms with Crippen molar-refractivity contribution in [3.63, 3.8) is 0 Å². The molecule has 0 radical (unpaired) electrons. The minimum Gasteiger partial charge on any atom is -0.497 e. The molecule has 1 amide bonds. The molecule has 3 aromatic heterocycles. The van der Waals surface area contributed by atoms with E-state index in [0.717, 1.165) is 81.6 Å². The lowest BCUT2D eigenvalue weighted by Gasteiger charge is -2.14. The average Bonchev–Trinajstić information content (AvgIpc) is 3.60. The fourth-order valence-electron chi connectivity index (χ4n) is 5.46. The van der Waals surface area contributed by atoms with Crippen LogP contribution < -0.4 is 15.0 Å². The van der Waals surface area contributed by atoms with E-state index in [4.69, 9.17) is 4.74 Å². The van der Waals surface area contributed by atoms with Gasteiger partial charge in [0, 0.05) is 41.0 Å². The summed E-state index contributed by atoms with van der Waals surface area (Å²) < 4.78 is 5.42. The molecule has 41 heavy (non-hydrogen) atoms. The smallest absolute Gasteiger partial charge is 0.275 e. The zero-order valence-electron chi connectivity index (χ0n) is 24.0. The summed E-state index contributed by atoms with van der Waals surface area (Å²) >= 11 is 0. The SMILES string of the molecule is CCC(=O)CCCCC[C@H](NC(=O)Cc1c(C)[nH]c2ccc(OC)cc12)c1[nH]c(-c2cccc3cccnc23)c[nH+]1. The van der Waals surface area contributed by atoms with Crippen LogP contribution in [0.5, 0.6) is 5.75 Å². The normalized spacial score (nSPS) is 12.1. The van der Waals surface area contributed by atoms with Crippen molar-refractivity contribution in [3.05, 3.63) is 78.0 Å². The molecule has 0 fully saturated rings. The van der Waals surface area contributed by atoms with Gasteiger partial charge in [-0.3, -0.25) is 14.6 Å². The summed E-state index contributed by atoms with van der Waals surface area (Å²) in [5.74, 6) is 1.84. The number of methoxy groups -OCH3 is 1. The number of nitrogens with zero attached hydrogens (tertiary/aromatic N) is 1. The molecule has 0 unspecified atom stereocenters. The molecule has 4 N–H and O–H groups in total. The van der Waals surface area contributed by atoms with Gasteiger partial charge in [-0.15, -0.1) is 0 Å². The molecule has 5 rings (SSSR count). The molecule has 0 bridgehead atoms. The summed E-state index contributed by atoms with van der Waals surface area (Å²) in [7, 11) is 1.64. The number of H-pyrrole nitrogens is 3. The number of aryl methyl sites for hydroxylation is 1. The third-order valence-corrected chi connectivity index (χ3v) is 7.75. The first-order valence-electron chi connectivity index (χ1n) is 14.4. The Morgan fingerprint density at radius 3 is 2.76 bits per heavy atom. The Morgan fingerprint density at radius 2 is 1.93 bits per heavy atom. The van der Waals surface area contributed by atoms with E-state index in [1.54, 1.807) is 13.3 Å². The van der Waals surface area contributed by atoms with E-state index in [0.29, 0.717) is 18.6 Å². The molecule has 1 atom stereocenters. The van der Waals surface area contributed by atoms with E-state index < -0.39 is 0 Å². The fraction of sp³-hybridized carbons (Fsp3) is 0.333. The van der Waals surface area contributed by atoms with Crippen LogP contribution >= 0.6 is 0 Å². The number of pyridine rings is 1. The Kier molecular flexibility index (Phi) is 8.77. The lowest BCUT2D eigenvalue weighted by molar-refractivity contribution is -0.391. The molecule has 8 nitrogen and oxygen atoms in total. The zero-order chi connectivity index (χ0) is 28.8. The number of carbonyl (C=O) groups is 2. The van der Waals surface area contributed by atoms with E-state index in [-0.39, 0.29) is 18.4 Å². The summed E-state index contributed by atoms with van der Waals surface area (Å²) in [5.41, 5.74) is 5.75. The van der Waals surface area contributed by atoms with Gasteiger partial charge >= 0.3 is 0 Å². The summed E-state index contributed by atoms with van der Waals surface area (Å²) in [5, 5.41) is 5.34. The number of para-hydroxylation sites is 1. The number of hydrogen-bond acceptors (Lipinski definition) is 4. The molecular formula is C33H38N5O3+. The first-order valence-corrected chi connectivity index (χ1v) is 14.4. The fourth-order valence-corrected chi connectivity index (χ4v) is 5.46. The van der Waals surface area contributed by atoms with Gasteiger partial charge in [0.05, 0.1) is 24.6 Å². The molecule has 0 saturated carbocycles. The molecule has 0 aliphatic heterocycles. The third-order valence-electron chi connectivity index (χ3n) is 7.75. The molecule has 3 heterocycles. The Balaban J connectivity index is 1.36. The maximum Gasteiger partial charge on any atom is 0.275 e. The summed E-state index contributed by atoms with van der Waals surface area (Å²) in [6, 6.07) is 15.7. The van der Waals surface area contributed by atoms with E-state index >= 15 is 0 Å². The number of rotatable bonds is 13. The zero-order valence-corrected chi connectivity index (χ0v) is 24.0. The second-order valence-corrected chi connectivity index (χ2v) is 10.6. The number of hydrogen-bond donors (Lipinski definition) is 3. The highest BCUT2D eigenvalue weighted by molar-refractivity contribution is 5.92. The average molecular weight is 553 g/mol. The number of nitrogens with one attached hydrogen (secondary N) is 4. The van der Waals surface area contributed by atoms with Crippen molar-refractivity contribution in [1.29, 1.82) is 0 Å². The molecule has 2 aromatic carbocycles. The van der Waals surface area contributed by atoms with Crippen molar-refractivity contribution in [2.75, 3.05) is 7.11 Å². The van der Waals surface area contributed by atoms with E-state index in [1.807, 2.05) is 68.6 Å². The van der Waals surface area contributed by atoms with Crippen molar-refractivity contribution >= 4 is 33.5 Å². The topological polar surface area (TPSA) is 114 Å². The number of carbonyl (C=O) groups excluding carboxylic acids is 2. The van der Waals surface area contributed by atoms with Gasteiger partial charge in [0.1, 0.15) is 23.8 Å². The molecule has 212 valence electrons. The Labute approximate surface area is 239 Å². The minimum absolute atomic E-state index is 0.0561. The van der Waals surface area contributed by atoms with Crippen molar-refractivity contribution in [2.24, 2.45) is 0 Å². The number of Topliss-reactive ketones (excluding diaryl/α,β-unsaturated/α-hetero) is 1. The number of imidazole rings is 1. The van der Waals surface area contributed by atoms with E-state index in [9.17, 15) is 9.59 Å². The van der Waals surface area contributed by atoms with Crippen molar-refractivity contribution in [2.45, 2.75) is 64.8 Å². The van der Waals surface area contributed by atoms with Crippen molar-refractivity contribution in [3.8, 4) is 17.0 Å². The molecule has 5 aromatic rings. The molecule has 8 heteroatoms. The number of amides is 1. The molecule has 0 saturated heterocycles. The van der Waals surface area contributed by atoms with Gasteiger partial charge in [-0.1, -0.05) is 38.0 Å². The number of aromatic nitrogens is 4. The van der Waals surface area contributed by atoms with E-state index in [1.165, 1.54) is 0 Å². The Bertz CT molecular complexity index is 1660. The monoisotopic (exact) mass is 552 g/mol. The number of benzene rings is 2. The number of ketones is 1. The predicted molar refractivity (Wildman–Crippen MR) is 161 cm³/mol. The molecule has 0 aliphatic rings. The third kappa shape index (κ3) is 6.48. The number of fused-ring (bicyclic) bond motifs is 2. The van der Waals surface area contributed by atoms with Crippen LogP contribution in [0.3, 0.4) is 0 Å². The first-order chi connectivity index (χ1) is 20.0. The van der Waals surface area contributed by atoms with Crippen LogP contribution in [0.15, 0.2) is 60.9 Å². The maximum atomic E-state index is 13.5. The largest absolute Gasteiger partial charge is 0.497 e. The van der Waals surface area contributed by atoms with Gasteiger partial charge in [0.25, 0.3) is 5.82 Å². The number of ether oxygens (including phenoxy) is 1. The maximum absolute atomic E-state index is 13.5. The molecule has 0 aliphatic carbocycles. The van der Waals surface area contributed by atoms with Gasteiger partial charge < -0.3 is 15.0 Å². The van der Waals surface area contributed by atoms with Gasteiger partial charge in [-0.2, -0.15) is 0 Å². The van der Waals surface area contributed by atoms with Crippen LogP contribution in [0.4, 0.5) is 0 Å². The van der Waals surface area contributed by atoms with Crippen LogP contribution in [0.25, 0.3) is 33.1 Å². The lowest BCUT2D eigenvalue weighted by Crippen LogP contribution is -2.33. The van der Waals surface area contributed by atoms with Crippen LogP contribution in [0.2, 0.25) is 0 Å². The van der Waals surface area contributed by atoms with Crippen LogP contribution in [0.1, 0.15) is 68.6 Å². The Morgan fingerprint density at radius 1 is 1.07 bits per heavy atom. The second-order valence-electron chi connectivity index (χ2n) is 10.6. The second kappa shape index (κ2) is 12.8. The highest BCUT2D eigenvalue weighted by Gasteiger charge is 2.25. The molecule has 0 spiro atoms. The predicted octanol–water partition coefficient (Wildman–Crippen LogP) is 6.17. The van der Waals surface area contributed by atoms with E-state index in [2.05, 4.69) is 25.3 Å². The highest BCUT2D eigenvalue weighted by atomic mass is 16.5. The quantitative estimate of drug-likeness (QED) is 0.152. The lowest BCUT2D eigenvalue weighted by atomic mass is 10.0. The molecular weight excluding hydrogens is 514 g/mol. The van der Waals surface area contributed by atoms with Gasteiger partial charge in [0.15, 0.2) is 5.69 Å². The van der Waals surface area contributed by atoms with Gasteiger partial charge in [-0.25, -0.2) is 9.97 Å². The summed E-state index contributed by atoms with van der Waals surface area (Å²) in [6.45, 7) is 3.90. The Hall–Kier alpha value is -4.46. The highest BCUT2D eigenvalue weighted by Crippen LogP contribution is 2.28. The number of unbranched alkanes of at least 4 members (excludes halogenated alkanes) is 2. The summed E-state index contributed by atoms with van der Waals surface area (Å²) in [4.78, 5) is 40.1. The van der Waals surface area contributed by atoms with Crippen LogP contribution in [0, 0.1) is 6.92 Å². The summed E-state index contributed by atoms with van der Waals surface area (Å²) in [6.07, 6.45) is 8.62. The minimum atomic E-state index is -0.235. The standard InChI is InChI=1S/C33H37N5O3/c1-4-23(39)12-6-5-7-14-29(33-35-20-30(38-33)25-13-8-10-22-11-9-17-34-32(22)25)37-31(40)19-26-21(2)36-28-16-15-24(41-3)18-27(26)28/h8-11,13,15-18,20,29,36H,4-7,12,14,19H2,1-3H3,(H,35,38)(H,37,40)/p+1/t29-/m0/s1. The van der Waals surface area contributed by atoms with Crippen molar-refractivity contribution < 1.29 is 19.3 Å². The van der Waals surface area contributed by atoms with Crippen molar-refractivity contribution in [1.82, 2.24) is 20.3 Å². The first kappa shape index (κ1) is 28.1. The number of aromatic amines is 3.